The minimum absolute atomic E-state index is 0.0725. The van der Waals surface area contributed by atoms with Crippen molar-refractivity contribution in [3.63, 3.8) is 0 Å². The number of urea groups is 1. The Morgan fingerprint density at radius 3 is 3.00 bits per heavy atom. The lowest BCUT2D eigenvalue weighted by molar-refractivity contribution is 0.108. The van der Waals surface area contributed by atoms with Gasteiger partial charge in [-0.15, -0.1) is 0 Å². The highest BCUT2D eigenvalue weighted by Gasteiger charge is 2.31. The molecule has 2 amide bonds. The summed E-state index contributed by atoms with van der Waals surface area (Å²) in [4.78, 5) is 14.1. The maximum atomic E-state index is 13.3. The number of aliphatic hydroxyl groups is 1. The van der Waals surface area contributed by atoms with E-state index in [1.165, 1.54) is 18.4 Å². The van der Waals surface area contributed by atoms with Crippen LogP contribution in [-0.4, -0.2) is 33.7 Å². The van der Waals surface area contributed by atoms with Crippen LogP contribution >= 0.6 is 0 Å². The largest absolute Gasteiger partial charge is 0.505 e. The van der Waals surface area contributed by atoms with Crippen LogP contribution in [0.2, 0.25) is 0 Å². The fraction of sp³-hybridized carbons (Fsp3) is 0.389. The first-order valence-corrected chi connectivity index (χ1v) is 8.28. The summed E-state index contributed by atoms with van der Waals surface area (Å²) < 4.78 is 18.5. The van der Waals surface area contributed by atoms with E-state index in [0.29, 0.717) is 24.3 Å². The van der Waals surface area contributed by atoms with E-state index in [4.69, 9.17) is 4.42 Å². The second-order valence-corrected chi connectivity index (χ2v) is 6.20. The molecule has 0 saturated carbocycles. The Balaban J connectivity index is 1.56. The number of hydrogen-bond donors (Lipinski definition) is 3. The van der Waals surface area contributed by atoms with Gasteiger partial charge in [0.2, 0.25) is 0 Å². The van der Waals surface area contributed by atoms with E-state index in [2.05, 4.69) is 5.32 Å². The molecule has 0 spiro atoms. The van der Waals surface area contributed by atoms with Crippen molar-refractivity contribution >= 4 is 6.03 Å². The zero-order valence-corrected chi connectivity index (χ0v) is 13.7. The third-order valence-corrected chi connectivity index (χ3v) is 4.46. The number of nitrogens with one attached hydrogen (secondary N) is 1. The fourth-order valence-electron chi connectivity index (χ4n) is 3.14. The summed E-state index contributed by atoms with van der Waals surface area (Å²) in [7, 11) is 0. The molecule has 0 radical (unpaired) electrons. The smallest absolute Gasteiger partial charge is 0.317 e. The number of carbonyl (C=O) groups is 1. The Labute approximate surface area is 144 Å². The second kappa shape index (κ2) is 7.57. The number of aliphatic hydroxyl groups excluding tert-OH is 1. The molecule has 2 heterocycles. The number of phenols is 1. The molecule has 1 aromatic carbocycles. The number of phenolic OH excluding ortho intramolecular Hbond substituents is 1. The van der Waals surface area contributed by atoms with Crippen molar-refractivity contribution in [1.29, 1.82) is 0 Å². The lowest BCUT2D eigenvalue weighted by atomic mass is 10.1. The molecule has 1 saturated heterocycles. The summed E-state index contributed by atoms with van der Waals surface area (Å²) in [5.41, 5.74) is 0.565. The van der Waals surface area contributed by atoms with Gasteiger partial charge in [-0.2, -0.15) is 0 Å². The number of hydrogen-bond acceptors (Lipinski definition) is 4. The number of aromatic hydroxyl groups is 1. The quantitative estimate of drug-likeness (QED) is 0.775. The van der Waals surface area contributed by atoms with Gasteiger partial charge in [0.15, 0.2) is 11.6 Å². The maximum absolute atomic E-state index is 13.3. The van der Waals surface area contributed by atoms with Gasteiger partial charge in [0.05, 0.1) is 6.26 Å². The van der Waals surface area contributed by atoms with Gasteiger partial charge in [-0.25, -0.2) is 9.18 Å². The van der Waals surface area contributed by atoms with Gasteiger partial charge in [-0.05, 0) is 42.7 Å². The summed E-state index contributed by atoms with van der Waals surface area (Å²) in [5.74, 6) is -0.638. The molecule has 2 atom stereocenters. The number of furan rings is 1. The zero-order chi connectivity index (χ0) is 17.8. The summed E-state index contributed by atoms with van der Waals surface area (Å²) in [6, 6.07) is 7.12. The van der Waals surface area contributed by atoms with Gasteiger partial charge in [-0.1, -0.05) is 6.07 Å². The Morgan fingerprint density at radius 2 is 2.28 bits per heavy atom. The van der Waals surface area contributed by atoms with E-state index in [1.54, 1.807) is 23.1 Å². The van der Waals surface area contributed by atoms with Crippen molar-refractivity contribution in [3.8, 4) is 5.75 Å². The van der Waals surface area contributed by atoms with Crippen molar-refractivity contribution in [2.75, 3.05) is 6.54 Å². The molecule has 2 unspecified atom stereocenters. The third kappa shape index (κ3) is 4.11. The van der Waals surface area contributed by atoms with Crippen LogP contribution in [0.1, 0.15) is 36.7 Å². The minimum atomic E-state index is -0.750. The molecule has 2 aromatic rings. The highest BCUT2D eigenvalue weighted by Crippen LogP contribution is 2.27. The van der Waals surface area contributed by atoms with Gasteiger partial charge < -0.3 is 24.8 Å². The van der Waals surface area contributed by atoms with Crippen LogP contribution in [0.15, 0.2) is 41.0 Å². The maximum Gasteiger partial charge on any atom is 0.317 e. The Kier molecular flexibility index (Phi) is 5.23. The standard InChI is InChI=1S/C18H21FN2O4/c19-14-9-12(5-6-15(14)22)11-20-18(24)21-7-1-3-13(21)10-16(23)17-4-2-8-25-17/h2,4-6,8-9,13,16,22-23H,1,3,7,10-11H2,(H,20,24). The summed E-state index contributed by atoms with van der Waals surface area (Å²) in [5, 5.41) is 22.2. The zero-order valence-electron chi connectivity index (χ0n) is 13.7. The van der Waals surface area contributed by atoms with Crippen LogP contribution in [0.25, 0.3) is 0 Å². The summed E-state index contributed by atoms with van der Waals surface area (Å²) in [6.45, 7) is 0.783. The first kappa shape index (κ1) is 17.3. The van der Waals surface area contributed by atoms with Crippen LogP contribution in [0.4, 0.5) is 9.18 Å². The Bertz CT molecular complexity index is 720. The van der Waals surface area contributed by atoms with E-state index < -0.39 is 17.7 Å². The lowest BCUT2D eigenvalue weighted by Crippen LogP contribution is -2.43. The monoisotopic (exact) mass is 348 g/mol. The average Bonchev–Trinajstić information content (AvgIpc) is 3.27. The molecule has 7 heteroatoms. The van der Waals surface area contributed by atoms with E-state index in [0.717, 1.165) is 12.8 Å². The molecular formula is C18H21FN2O4. The summed E-state index contributed by atoms with van der Waals surface area (Å²) >= 11 is 0. The Morgan fingerprint density at radius 1 is 1.44 bits per heavy atom. The van der Waals surface area contributed by atoms with Gasteiger partial charge >= 0.3 is 6.03 Å². The third-order valence-electron chi connectivity index (χ3n) is 4.46. The van der Waals surface area contributed by atoms with Crippen molar-refractivity contribution in [2.24, 2.45) is 0 Å². The van der Waals surface area contributed by atoms with Crippen molar-refractivity contribution < 1.29 is 23.8 Å². The van der Waals surface area contributed by atoms with Gasteiger partial charge in [0, 0.05) is 25.6 Å². The number of nitrogens with zero attached hydrogens (tertiary/aromatic N) is 1. The van der Waals surface area contributed by atoms with Gasteiger partial charge in [0.1, 0.15) is 11.9 Å². The first-order valence-electron chi connectivity index (χ1n) is 8.28. The molecule has 1 aromatic heterocycles. The highest BCUT2D eigenvalue weighted by atomic mass is 19.1. The predicted molar refractivity (Wildman–Crippen MR) is 88.3 cm³/mol. The molecular weight excluding hydrogens is 327 g/mol. The van der Waals surface area contributed by atoms with Crippen LogP contribution in [0.5, 0.6) is 5.75 Å². The molecule has 25 heavy (non-hydrogen) atoms. The fourth-order valence-corrected chi connectivity index (χ4v) is 3.14. The van der Waals surface area contributed by atoms with E-state index in [9.17, 15) is 19.4 Å². The number of rotatable bonds is 5. The van der Waals surface area contributed by atoms with Crippen LogP contribution in [-0.2, 0) is 6.54 Å². The number of carbonyl (C=O) groups excluding carboxylic acids is 1. The predicted octanol–water partition coefficient (Wildman–Crippen LogP) is 2.92. The highest BCUT2D eigenvalue weighted by molar-refractivity contribution is 5.74. The molecule has 134 valence electrons. The second-order valence-electron chi connectivity index (χ2n) is 6.20. The van der Waals surface area contributed by atoms with E-state index in [1.807, 2.05) is 0 Å². The first-order chi connectivity index (χ1) is 12.0. The van der Waals surface area contributed by atoms with Gasteiger partial charge in [0.25, 0.3) is 0 Å². The van der Waals surface area contributed by atoms with Crippen LogP contribution in [0.3, 0.4) is 0 Å². The number of halogens is 1. The minimum Gasteiger partial charge on any atom is -0.505 e. The molecule has 1 fully saturated rings. The van der Waals surface area contributed by atoms with Crippen LogP contribution < -0.4 is 5.32 Å². The Hall–Kier alpha value is -2.54. The normalized spacial score (nSPS) is 18.3. The van der Waals surface area contributed by atoms with E-state index >= 15 is 0 Å². The molecule has 0 aliphatic carbocycles. The molecule has 1 aliphatic heterocycles. The topological polar surface area (TPSA) is 85.9 Å². The molecule has 1 aliphatic rings. The molecule has 6 nitrogen and oxygen atoms in total. The van der Waals surface area contributed by atoms with Crippen molar-refractivity contribution in [1.82, 2.24) is 10.2 Å². The van der Waals surface area contributed by atoms with Crippen molar-refractivity contribution in [2.45, 2.75) is 38.0 Å². The van der Waals surface area contributed by atoms with Crippen molar-refractivity contribution in [3.05, 3.63) is 53.7 Å². The lowest BCUT2D eigenvalue weighted by Gasteiger charge is -2.26. The summed E-state index contributed by atoms with van der Waals surface area (Å²) in [6.07, 6.45) is 2.86. The average molecular weight is 348 g/mol. The number of likely N-dealkylation sites (tertiary alicyclic amines) is 1. The van der Waals surface area contributed by atoms with Gasteiger partial charge in [-0.3, -0.25) is 0 Å². The number of benzene rings is 1. The van der Waals surface area contributed by atoms with E-state index in [-0.39, 0.29) is 18.6 Å². The van der Waals surface area contributed by atoms with Crippen LogP contribution in [0, 0.1) is 5.82 Å². The molecule has 3 N–H and O–H groups in total. The SMILES string of the molecule is O=C(NCc1ccc(O)c(F)c1)N1CCCC1CC(O)c1ccco1. The molecule has 0 bridgehead atoms. The number of amides is 2. The molecule has 3 rings (SSSR count).